The van der Waals surface area contributed by atoms with Crippen LogP contribution in [0.15, 0.2) is 86.3 Å². The van der Waals surface area contributed by atoms with Crippen molar-refractivity contribution in [3.8, 4) is 22.6 Å². The van der Waals surface area contributed by atoms with Crippen molar-refractivity contribution in [1.29, 1.82) is 0 Å². The minimum atomic E-state index is 0.926. The van der Waals surface area contributed by atoms with Gasteiger partial charge in [0.1, 0.15) is 5.82 Å². The first-order chi connectivity index (χ1) is 11.8. The molecule has 2 aromatic rings. The van der Waals surface area contributed by atoms with Crippen LogP contribution >= 0.6 is 0 Å². The summed E-state index contributed by atoms with van der Waals surface area (Å²) >= 11 is 0. The molecule has 2 aliphatic rings. The minimum absolute atomic E-state index is 0.926. The molecule has 0 N–H and O–H groups in total. The van der Waals surface area contributed by atoms with E-state index < -0.39 is 0 Å². The average Bonchev–Trinajstić information content (AvgIpc) is 3.31. The average molecular weight is 314 g/mol. The Balaban J connectivity index is 0.000000143. The lowest BCUT2D eigenvalue weighted by Gasteiger charge is -2.03. The van der Waals surface area contributed by atoms with Crippen LogP contribution in [0.4, 0.5) is 0 Å². The molecular formula is C20H18N4. The second-order valence-corrected chi connectivity index (χ2v) is 5.03. The van der Waals surface area contributed by atoms with E-state index in [-0.39, 0.29) is 0 Å². The zero-order valence-corrected chi connectivity index (χ0v) is 13.3. The van der Waals surface area contributed by atoms with Gasteiger partial charge in [0.15, 0.2) is 0 Å². The van der Waals surface area contributed by atoms with E-state index in [4.69, 9.17) is 0 Å². The molecule has 0 saturated heterocycles. The summed E-state index contributed by atoms with van der Waals surface area (Å²) in [7, 11) is 0. The molecule has 0 amide bonds. The summed E-state index contributed by atoms with van der Waals surface area (Å²) < 4.78 is 3.66. The number of benzene rings is 1. The lowest BCUT2D eigenvalue weighted by molar-refractivity contribution is 0.903. The number of aromatic nitrogens is 4. The Morgan fingerprint density at radius 1 is 0.792 bits per heavy atom. The number of hydrogen-bond donors (Lipinski definition) is 0. The molecule has 4 rings (SSSR count). The maximum atomic E-state index is 4.25. The molecule has 1 aromatic heterocycles. The Morgan fingerprint density at radius 3 is 2.33 bits per heavy atom. The smallest absolute Gasteiger partial charge is 0.143 e. The zero-order chi connectivity index (χ0) is 16.8. The summed E-state index contributed by atoms with van der Waals surface area (Å²) in [6.07, 6.45) is 8.86. The third-order valence-corrected chi connectivity index (χ3v) is 3.59. The first kappa shape index (κ1) is 15.5. The molecule has 118 valence electrons. The van der Waals surface area contributed by atoms with Gasteiger partial charge in [-0.15, -0.1) is 0 Å². The predicted molar refractivity (Wildman–Crippen MR) is 99.3 cm³/mol. The highest BCUT2D eigenvalue weighted by molar-refractivity contribution is 5.63. The molecule has 0 unspecified atom stereocenters. The van der Waals surface area contributed by atoms with Gasteiger partial charge in [-0.3, -0.25) is 0 Å². The van der Waals surface area contributed by atoms with Crippen molar-refractivity contribution in [2.75, 3.05) is 0 Å². The van der Waals surface area contributed by atoms with Crippen LogP contribution in [-0.4, -0.2) is 19.3 Å². The van der Waals surface area contributed by atoms with Crippen molar-refractivity contribution in [3.63, 3.8) is 0 Å². The molecule has 2 heterocycles. The molecule has 0 fully saturated rings. The Bertz CT molecular complexity index is 902. The quantitative estimate of drug-likeness (QED) is 0.547. The van der Waals surface area contributed by atoms with Gasteiger partial charge >= 0.3 is 0 Å². The molecule has 1 aliphatic carbocycles. The Morgan fingerprint density at radius 2 is 1.58 bits per heavy atom. The number of hydrogen-bond acceptors (Lipinski definition) is 2. The molecule has 0 radical (unpaired) electrons. The molecule has 0 saturated carbocycles. The van der Waals surface area contributed by atoms with Crippen LogP contribution < -0.4 is 0 Å². The first-order valence-corrected chi connectivity index (χ1v) is 7.59. The molecule has 24 heavy (non-hydrogen) atoms. The molecule has 1 aromatic carbocycles. The van der Waals surface area contributed by atoms with Crippen molar-refractivity contribution in [2.24, 2.45) is 0 Å². The van der Waals surface area contributed by atoms with Gasteiger partial charge in [0.25, 0.3) is 0 Å². The van der Waals surface area contributed by atoms with Crippen molar-refractivity contribution in [1.82, 2.24) is 19.3 Å². The minimum Gasteiger partial charge on any atom is -0.307 e. The SMILES string of the molecule is C=Cn1ccnc1-c1ccccc1.C=Cn1nccc2cccc1-2. The van der Waals surface area contributed by atoms with E-state index in [0.29, 0.717) is 0 Å². The summed E-state index contributed by atoms with van der Waals surface area (Å²) in [5.41, 5.74) is 3.40. The Hall–Kier alpha value is -3.40. The van der Waals surface area contributed by atoms with E-state index in [1.54, 1.807) is 29.5 Å². The van der Waals surface area contributed by atoms with E-state index in [1.807, 2.05) is 59.3 Å². The van der Waals surface area contributed by atoms with Gasteiger partial charge in [0.2, 0.25) is 0 Å². The van der Waals surface area contributed by atoms with E-state index in [0.717, 1.165) is 17.1 Å². The molecular weight excluding hydrogens is 296 g/mol. The summed E-state index contributed by atoms with van der Waals surface area (Å²) in [4.78, 5) is 4.25. The highest BCUT2D eigenvalue weighted by atomic mass is 15.2. The van der Waals surface area contributed by atoms with E-state index >= 15 is 0 Å². The number of fused-ring (bicyclic) bond motifs is 1. The van der Waals surface area contributed by atoms with Gasteiger partial charge in [-0.2, -0.15) is 5.10 Å². The van der Waals surface area contributed by atoms with Gasteiger partial charge < -0.3 is 4.57 Å². The monoisotopic (exact) mass is 314 g/mol. The van der Waals surface area contributed by atoms with Crippen LogP contribution in [0.5, 0.6) is 0 Å². The van der Waals surface area contributed by atoms with Crippen LogP contribution in [0, 0.1) is 0 Å². The highest BCUT2D eigenvalue weighted by Crippen LogP contribution is 2.20. The van der Waals surface area contributed by atoms with Crippen LogP contribution in [0.1, 0.15) is 0 Å². The number of rotatable bonds is 3. The number of nitrogens with zero attached hydrogens (tertiary/aromatic N) is 4. The fourth-order valence-electron chi connectivity index (χ4n) is 2.44. The van der Waals surface area contributed by atoms with Crippen LogP contribution in [0.25, 0.3) is 35.0 Å². The van der Waals surface area contributed by atoms with Gasteiger partial charge in [-0.05, 0) is 12.1 Å². The second-order valence-electron chi connectivity index (χ2n) is 5.03. The van der Waals surface area contributed by atoms with Crippen molar-refractivity contribution >= 4 is 12.4 Å². The normalized spacial score (nSPS) is 10.0. The Labute approximate surface area is 141 Å². The fraction of sp³-hybridized carbons (Fsp3) is 0. The maximum Gasteiger partial charge on any atom is 0.143 e. The fourth-order valence-corrected chi connectivity index (χ4v) is 2.44. The third-order valence-electron chi connectivity index (χ3n) is 3.59. The van der Waals surface area contributed by atoms with E-state index in [9.17, 15) is 0 Å². The molecule has 4 nitrogen and oxygen atoms in total. The molecule has 0 atom stereocenters. The van der Waals surface area contributed by atoms with Crippen molar-refractivity contribution < 1.29 is 0 Å². The molecule has 0 spiro atoms. The van der Waals surface area contributed by atoms with E-state index in [1.165, 1.54) is 5.56 Å². The van der Waals surface area contributed by atoms with Gasteiger partial charge in [0, 0.05) is 42.1 Å². The maximum absolute atomic E-state index is 4.25. The molecule has 0 bridgehead atoms. The van der Waals surface area contributed by atoms with Crippen molar-refractivity contribution in [3.05, 3.63) is 86.3 Å². The van der Waals surface area contributed by atoms with Gasteiger partial charge in [-0.25, -0.2) is 9.67 Å². The largest absolute Gasteiger partial charge is 0.307 e. The topological polar surface area (TPSA) is 35.6 Å². The highest BCUT2D eigenvalue weighted by Gasteiger charge is 2.03. The van der Waals surface area contributed by atoms with Crippen LogP contribution in [-0.2, 0) is 0 Å². The summed E-state index contributed by atoms with van der Waals surface area (Å²) in [6, 6.07) is 18.1. The third kappa shape index (κ3) is 3.17. The molecule has 4 heteroatoms. The van der Waals surface area contributed by atoms with Crippen LogP contribution in [0.3, 0.4) is 0 Å². The zero-order valence-electron chi connectivity index (χ0n) is 13.3. The van der Waals surface area contributed by atoms with Crippen molar-refractivity contribution in [2.45, 2.75) is 0 Å². The molecule has 1 aliphatic heterocycles. The van der Waals surface area contributed by atoms with Gasteiger partial charge in [-0.1, -0.05) is 55.6 Å². The summed E-state index contributed by atoms with van der Waals surface area (Å²) in [5.74, 6) is 0.926. The number of imidazole rings is 1. The predicted octanol–water partition coefficient (Wildman–Crippen LogP) is 4.74. The van der Waals surface area contributed by atoms with Crippen LogP contribution in [0.2, 0.25) is 0 Å². The van der Waals surface area contributed by atoms with E-state index in [2.05, 4.69) is 29.3 Å². The van der Waals surface area contributed by atoms with Gasteiger partial charge in [0.05, 0.1) is 5.69 Å². The summed E-state index contributed by atoms with van der Waals surface area (Å²) in [5, 5.41) is 4.10. The lowest BCUT2D eigenvalue weighted by Crippen LogP contribution is -1.96. The second kappa shape index (κ2) is 7.24. The first-order valence-electron chi connectivity index (χ1n) is 7.59. The summed E-state index contributed by atoms with van der Waals surface area (Å²) in [6.45, 7) is 7.37. The Kier molecular flexibility index (Phi) is 4.68. The lowest BCUT2D eigenvalue weighted by atomic mass is 10.2. The standard InChI is InChI=1S/C11H10N2.C9H8N2/c1-2-13-9-8-12-11(13)10-6-4-3-5-7-10;1-2-11-9-5-3-4-8(9)6-7-10-11/h2-9H,1H2;2-7H,1H2.